The molecule has 1 aromatic heterocycles. The first kappa shape index (κ1) is 11.2. The quantitative estimate of drug-likeness (QED) is 0.787. The maximum Gasteiger partial charge on any atom is 0.138 e. The maximum absolute atomic E-state index is 8.99. The number of hydrogen-bond acceptors (Lipinski definition) is 4. The van der Waals surface area contributed by atoms with Gasteiger partial charge in [-0.25, -0.2) is 0 Å². The lowest BCUT2D eigenvalue weighted by atomic mass is 10.2. The summed E-state index contributed by atoms with van der Waals surface area (Å²) in [5.74, 6) is 0.861. The lowest BCUT2D eigenvalue weighted by Crippen LogP contribution is -2.31. The van der Waals surface area contributed by atoms with Gasteiger partial charge in [0.2, 0.25) is 0 Å². The van der Waals surface area contributed by atoms with Gasteiger partial charge in [-0.15, -0.1) is 0 Å². The van der Waals surface area contributed by atoms with Crippen LogP contribution < -0.4 is 0 Å². The Balaban J connectivity index is 2.68. The van der Waals surface area contributed by atoms with Gasteiger partial charge in [-0.05, 0) is 27.8 Å². The minimum absolute atomic E-state index is 0.156. The van der Waals surface area contributed by atoms with Gasteiger partial charge < -0.3 is 9.63 Å². The van der Waals surface area contributed by atoms with Crippen molar-refractivity contribution in [1.29, 1.82) is 0 Å². The summed E-state index contributed by atoms with van der Waals surface area (Å²) in [5, 5.41) is 12.9. The Morgan fingerprint density at radius 2 is 2.14 bits per heavy atom. The third-order valence-corrected chi connectivity index (χ3v) is 2.61. The molecule has 14 heavy (non-hydrogen) atoms. The summed E-state index contributed by atoms with van der Waals surface area (Å²) in [6.45, 7) is 6.76. The fourth-order valence-electron chi connectivity index (χ4n) is 1.27. The zero-order valence-electron chi connectivity index (χ0n) is 9.24. The highest BCUT2D eigenvalue weighted by Gasteiger charge is 2.14. The SMILES string of the molecule is Cc1noc(C)c1CN(C)C(C)CO. The molecule has 0 aromatic carbocycles. The van der Waals surface area contributed by atoms with Crippen LogP contribution in [0.25, 0.3) is 0 Å². The molecule has 0 radical (unpaired) electrons. The Morgan fingerprint density at radius 3 is 2.57 bits per heavy atom. The first-order valence-corrected chi connectivity index (χ1v) is 4.79. The largest absolute Gasteiger partial charge is 0.395 e. The second-order valence-corrected chi connectivity index (χ2v) is 3.75. The summed E-state index contributed by atoms with van der Waals surface area (Å²) in [4.78, 5) is 2.08. The van der Waals surface area contributed by atoms with Crippen molar-refractivity contribution in [2.24, 2.45) is 0 Å². The number of aryl methyl sites for hydroxylation is 2. The molecule has 0 aliphatic heterocycles. The van der Waals surface area contributed by atoms with E-state index in [0.717, 1.165) is 23.6 Å². The van der Waals surface area contributed by atoms with Crippen molar-refractivity contribution in [2.45, 2.75) is 33.4 Å². The van der Waals surface area contributed by atoms with E-state index >= 15 is 0 Å². The van der Waals surface area contributed by atoms with Gasteiger partial charge in [0, 0.05) is 18.2 Å². The van der Waals surface area contributed by atoms with Gasteiger partial charge in [0.15, 0.2) is 0 Å². The molecule has 1 N–H and O–H groups in total. The van der Waals surface area contributed by atoms with E-state index < -0.39 is 0 Å². The smallest absolute Gasteiger partial charge is 0.138 e. The standard InChI is InChI=1S/C10H18N2O2/c1-7(6-13)12(4)5-10-8(2)11-14-9(10)3/h7,13H,5-6H2,1-4H3. The average Bonchev–Trinajstić information content (AvgIpc) is 2.48. The second kappa shape index (κ2) is 4.57. The average molecular weight is 198 g/mol. The van der Waals surface area contributed by atoms with E-state index in [-0.39, 0.29) is 12.6 Å². The Morgan fingerprint density at radius 1 is 1.50 bits per heavy atom. The van der Waals surface area contributed by atoms with Crippen LogP contribution in [-0.2, 0) is 6.54 Å². The molecule has 1 unspecified atom stereocenters. The lowest BCUT2D eigenvalue weighted by molar-refractivity contribution is 0.153. The summed E-state index contributed by atoms with van der Waals surface area (Å²) < 4.78 is 5.07. The summed E-state index contributed by atoms with van der Waals surface area (Å²) in [5.41, 5.74) is 2.05. The van der Waals surface area contributed by atoms with Crippen LogP contribution in [0, 0.1) is 13.8 Å². The van der Waals surface area contributed by atoms with Crippen LogP contribution in [0.3, 0.4) is 0 Å². The van der Waals surface area contributed by atoms with Crippen LogP contribution >= 0.6 is 0 Å². The summed E-state index contributed by atoms with van der Waals surface area (Å²) in [7, 11) is 1.98. The predicted octanol–water partition coefficient (Wildman–Crippen LogP) is 1.10. The summed E-state index contributed by atoms with van der Waals surface area (Å²) in [6, 6.07) is 0.156. The van der Waals surface area contributed by atoms with E-state index in [1.807, 2.05) is 27.8 Å². The second-order valence-electron chi connectivity index (χ2n) is 3.75. The highest BCUT2D eigenvalue weighted by molar-refractivity contribution is 5.20. The molecule has 4 nitrogen and oxygen atoms in total. The van der Waals surface area contributed by atoms with Crippen LogP contribution in [0.4, 0.5) is 0 Å². The number of aromatic nitrogens is 1. The lowest BCUT2D eigenvalue weighted by Gasteiger charge is -2.22. The molecule has 80 valence electrons. The molecule has 0 fully saturated rings. The highest BCUT2D eigenvalue weighted by atomic mass is 16.5. The van der Waals surface area contributed by atoms with Gasteiger partial charge in [0.25, 0.3) is 0 Å². The molecular formula is C10H18N2O2. The number of rotatable bonds is 4. The fraction of sp³-hybridized carbons (Fsp3) is 0.700. The minimum atomic E-state index is 0.156. The Kier molecular flexibility index (Phi) is 3.66. The third kappa shape index (κ3) is 2.33. The van der Waals surface area contributed by atoms with Gasteiger partial charge in [-0.1, -0.05) is 5.16 Å². The minimum Gasteiger partial charge on any atom is -0.395 e. The molecule has 1 rings (SSSR count). The first-order valence-electron chi connectivity index (χ1n) is 4.79. The van der Waals surface area contributed by atoms with Crippen LogP contribution in [0.5, 0.6) is 0 Å². The van der Waals surface area contributed by atoms with Crippen molar-refractivity contribution in [2.75, 3.05) is 13.7 Å². The van der Waals surface area contributed by atoms with Crippen molar-refractivity contribution in [3.05, 3.63) is 17.0 Å². The van der Waals surface area contributed by atoms with E-state index in [9.17, 15) is 0 Å². The molecule has 4 heteroatoms. The monoisotopic (exact) mass is 198 g/mol. The fourth-order valence-corrected chi connectivity index (χ4v) is 1.27. The molecule has 0 saturated heterocycles. The van der Waals surface area contributed by atoms with Gasteiger partial charge in [-0.3, -0.25) is 4.90 Å². The first-order chi connectivity index (χ1) is 6.56. The van der Waals surface area contributed by atoms with Gasteiger partial charge in [-0.2, -0.15) is 0 Å². The molecule has 1 heterocycles. The van der Waals surface area contributed by atoms with Gasteiger partial charge >= 0.3 is 0 Å². The van der Waals surface area contributed by atoms with Crippen molar-refractivity contribution >= 4 is 0 Å². The van der Waals surface area contributed by atoms with E-state index in [0.29, 0.717) is 0 Å². The Bertz CT molecular complexity index is 277. The Hall–Kier alpha value is -0.870. The van der Waals surface area contributed by atoms with Crippen LogP contribution in [-0.4, -0.2) is 34.9 Å². The summed E-state index contributed by atoms with van der Waals surface area (Å²) in [6.07, 6.45) is 0. The predicted molar refractivity (Wildman–Crippen MR) is 54.0 cm³/mol. The van der Waals surface area contributed by atoms with Crippen LogP contribution in [0.15, 0.2) is 4.52 Å². The van der Waals surface area contributed by atoms with Gasteiger partial charge in [0.05, 0.1) is 12.3 Å². The molecule has 0 bridgehead atoms. The normalized spacial score (nSPS) is 13.6. The van der Waals surface area contributed by atoms with Crippen molar-refractivity contribution in [3.63, 3.8) is 0 Å². The summed E-state index contributed by atoms with van der Waals surface area (Å²) >= 11 is 0. The van der Waals surface area contributed by atoms with Crippen molar-refractivity contribution in [1.82, 2.24) is 10.1 Å². The zero-order valence-corrected chi connectivity index (χ0v) is 9.24. The van der Waals surface area contributed by atoms with E-state index in [1.54, 1.807) is 0 Å². The van der Waals surface area contributed by atoms with Crippen LogP contribution in [0.1, 0.15) is 23.9 Å². The molecule has 1 aromatic rings. The molecular weight excluding hydrogens is 180 g/mol. The molecule has 0 aliphatic rings. The number of aliphatic hydroxyl groups is 1. The number of nitrogens with zero attached hydrogens (tertiary/aromatic N) is 2. The molecule has 0 amide bonds. The number of aliphatic hydroxyl groups excluding tert-OH is 1. The zero-order chi connectivity index (χ0) is 10.7. The molecule has 0 spiro atoms. The van der Waals surface area contributed by atoms with Crippen molar-refractivity contribution < 1.29 is 9.63 Å². The maximum atomic E-state index is 8.99. The highest BCUT2D eigenvalue weighted by Crippen LogP contribution is 2.15. The third-order valence-electron chi connectivity index (χ3n) is 2.61. The van der Waals surface area contributed by atoms with E-state index in [4.69, 9.17) is 9.63 Å². The Labute approximate surface area is 84.5 Å². The van der Waals surface area contributed by atoms with E-state index in [1.165, 1.54) is 0 Å². The van der Waals surface area contributed by atoms with Crippen LogP contribution in [0.2, 0.25) is 0 Å². The molecule has 1 atom stereocenters. The topological polar surface area (TPSA) is 49.5 Å². The van der Waals surface area contributed by atoms with Crippen molar-refractivity contribution in [3.8, 4) is 0 Å². The van der Waals surface area contributed by atoms with E-state index in [2.05, 4.69) is 10.1 Å². The molecule has 0 saturated carbocycles. The molecule has 0 aliphatic carbocycles. The number of likely N-dealkylation sites (N-methyl/N-ethyl adjacent to an activating group) is 1. The van der Waals surface area contributed by atoms with Gasteiger partial charge in [0.1, 0.15) is 5.76 Å². The number of hydrogen-bond donors (Lipinski definition) is 1.